The molecule has 0 aliphatic rings. The van der Waals surface area contributed by atoms with Crippen LogP contribution in [0.2, 0.25) is 0 Å². The summed E-state index contributed by atoms with van der Waals surface area (Å²) in [5.41, 5.74) is 1.58. The Morgan fingerprint density at radius 3 is 2.55 bits per heavy atom. The molecule has 0 saturated carbocycles. The largest absolute Gasteiger partial charge is 0.455 e. The number of aliphatic hydroxyl groups excluding tert-OH is 1. The fourth-order valence-corrected chi connectivity index (χ4v) is 2.20. The zero-order valence-corrected chi connectivity index (χ0v) is 11.2. The Bertz CT molecular complexity index is 732. The molecule has 0 amide bonds. The van der Waals surface area contributed by atoms with E-state index in [1.165, 1.54) is 0 Å². The highest BCUT2D eigenvalue weighted by Crippen LogP contribution is 2.32. The van der Waals surface area contributed by atoms with E-state index in [0.29, 0.717) is 11.5 Å². The Morgan fingerprint density at radius 2 is 1.70 bits per heavy atom. The molecule has 100 valence electrons. The smallest absolute Gasteiger partial charge is 0.153 e. The third-order valence-corrected chi connectivity index (χ3v) is 3.18. The van der Waals surface area contributed by atoms with Crippen LogP contribution in [0.3, 0.4) is 0 Å². The van der Waals surface area contributed by atoms with Crippen LogP contribution in [0.15, 0.2) is 60.8 Å². The van der Waals surface area contributed by atoms with Crippen molar-refractivity contribution in [2.45, 2.75) is 13.0 Å². The molecule has 3 nitrogen and oxygen atoms in total. The van der Waals surface area contributed by atoms with Crippen LogP contribution in [-0.2, 0) is 0 Å². The van der Waals surface area contributed by atoms with E-state index in [0.717, 1.165) is 16.5 Å². The first kappa shape index (κ1) is 12.6. The lowest BCUT2D eigenvalue weighted by molar-refractivity contribution is 0.195. The minimum Gasteiger partial charge on any atom is -0.455 e. The summed E-state index contributed by atoms with van der Waals surface area (Å²) in [5, 5.41) is 10.8. The number of ether oxygens (including phenoxy) is 1. The molecule has 0 radical (unpaired) electrons. The van der Waals surface area contributed by atoms with E-state index in [2.05, 4.69) is 4.98 Å². The molecule has 0 bridgehead atoms. The molecule has 1 aromatic heterocycles. The van der Waals surface area contributed by atoms with Crippen LogP contribution in [0.5, 0.6) is 11.5 Å². The van der Waals surface area contributed by atoms with Crippen LogP contribution in [0.25, 0.3) is 10.9 Å². The number of hydrogen-bond donors (Lipinski definition) is 1. The van der Waals surface area contributed by atoms with E-state index in [1.807, 2.05) is 54.6 Å². The van der Waals surface area contributed by atoms with Gasteiger partial charge in [-0.15, -0.1) is 0 Å². The Labute approximate surface area is 117 Å². The van der Waals surface area contributed by atoms with E-state index >= 15 is 0 Å². The molecule has 0 unspecified atom stereocenters. The summed E-state index contributed by atoms with van der Waals surface area (Å²) in [6.45, 7) is 1.73. The topological polar surface area (TPSA) is 42.4 Å². The summed E-state index contributed by atoms with van der Waals surface area (Å²) in [4.78, 5) is 4.36. The lowest BCUT2D eigenvalue weighted by Gasteiger charge is -2.13. The average Bonchev–Trinajstić information content (AvgIpc) is 2.48. The number of rotatable bonds is 3. The summed E-state index contributed by atoms with van der Waals surface area (Å²) < 4.78 is 5.96. The number of fused-ring (bicyclic) bond motifs is 1. The van der Waals surface area contributed by atoms with Crippen LogP contribution in [0.1, 0.15) is 18.6 Å². The quantitative estimate of drug-likeness (QED) is 0.775. The van der Waals surface area contributed by atoms with Crippen LogP contribution in [0, 0.1) is 0 Å². The van der Waals surface area contributed by atoms with E-state index in [1.54, 1.807) is 13.1 Å². The first-order valence-corrected chi connectivity index (χ1v) is 6.54. The summed E-state index contributed by atoms with van der Waals surface area (Å²) in [6.07, 6.45) is 1.17. The molecule has 1 N–H and O–H groups in total. The molecular formula is C17H15NO2. The van der Waals surface area contributed by atoms with Crippen molar-refractivity contribution in [3.63, 3.8) is 0 Å². The second-order valence-electron chi connectivity index (χ2n) is 4.65. The van der Waals surface area contributed by atoms with Gasteiger partial charge in [0.05, 0.1) is 6.10 Å². The summed E-state index contributed by atoms with van der Waals surface area (Å²) in [7, 11) is 0. The van der Waals surface area contributed by atoms with Crippen molar-refractivity contribution in [1.82, 2.24) is 4.98 Å². The highest BCUT2D eigenvalue weighted by molar-refractivity contribution is 5.84. The monoisotopic (exact) mass is 265 g/mol. The maximum Gasteiger partial charge on any atom is 0.153 e. The molecular weight excluding hydrogens is 250 g/mol. The molecule has 1 heterocycles. The number of para-hydroxylation sites is 2. The van der Waals surface area contributed by atoms with Crippen molar-refractivity contribution in [1.29, 1.82) is 0 Å². The number of aromatic nitrogens is 1. The highest BCUT2D eigenvalue weighted by atomic mass is 16.5. The Morgan fingerprint density at radius 1 is 0.950 bits per heavy atom. The van der Waals surface area contributed by atoms with Crippen LogP contribution in [0.4, 0.5) is 0 Å². The van der Waals surface area contributed by atoms with Gasteiger partial charge in [0.2, 0.25) is 0 Å². The van der Waals surface area contributed by atoms with Gasteiger partial charge >= 0.3 is 0 Å². The Kier molecular flexibility index (Phi) is 3.35. The number of nitrogens with zero attached hydrogens (tertiary/aromatic N) is 1. The molecule has 0 aliphatic heterocycles. The summed E-state index contributed by atoms with van der Waals surface area (Å²) in [6, 6.07) is 17.2. The van der Waals surface area contributed by atoms with Crippen molar-refractivity contribution in [3.05, 3.63) is 66.4 Å². The molecule has 2 aromatic carbocycles. The number of pyridine rings is 1. The first-order chi connectivity index (χ1) is 9.75. The Balaban J connectivity index is 2.06. The van der Waals surface area contributed by atoms with E-state index < -0.39 is 6.10 Å². The van der Waals surface area contributed by atoms with Gasteiger partial charge in [-0.1, -0.05) is 36.4 Å². The van der Waals surface area contributed by atoms with Crippen molar-refractivity contribution in [3.8, 4) is 11.5 Å². The molecule has 20 heavy (non-hydrogen) atoms. The standard InChI is InChI=1S/C17H15NO2/c1-12(19)14-8-2-3-9-15(14)20-16-10-4-6-13-7-5-11-18-17(13)16/h2-12,19H,1H3/t12-/m0/s1. The van der Waals surface area contributed by atoms with Gasteiger partial charge in [0, 0.05) is 17.1 Å². The van der Waals surface area contributed by atoms with Gasteiger partial charge in [0.1, 0.15) is 11.3 Å². The lowest BCUT2D eigenvalue weighted by atomic mass is 10.1. The predicted molar refractivity (Wildman–Crippen MR) is 78.9 cm³/mol. The molecule has 0 spiro atoms. The van der Waals surface area contributed by atoms with Crippen molar-refractivity contribution < 1.29 is 9.84 Å². The maximum atomic E-state index is 9.80. The summed E-state index contributed by atoms with van der Waals surface area (Å²) in [5.74, 6) is 1.34. The normalized spacial score (nSPS) is 12.3. The first-order valence-electron chi connectivity index (χ1n) is 6.54. The minimum atomic E-state index is -0.575. The molecule has 3 aromatic rings. The zero-order chi connectivity index (χ0) is 13.9. The number of benzene rings is 2. The van der Waals surface area contributed by atoms with Crippen molar-refractivity contribution >= 4 is 10.9 Å². The van der Waals surface area contributed by atoms with Gasteiger partial charge in [-0.3, -0.25) is 4.98 Å². The molecule has 0 fully saturated rings. The SMILES string of the molecule is C[C@H](O)c1ccccc1Oc1cccc2cccnc12. The molecule has 3 heteroatoms. The van der Waals surface area contributed by atoms with Gasteiger partial charge in [-0.05, 0) is 25.1 Å². The molecule has 1 atom stereocenters. The van der Waals surface area contributed by atoms with Gasteiger partial charge in [-0.2, -0.15) is 0 Å². The van der Waals surface area contributed by atoms with E-state index in [-0.39, 0.29) is 0 Å². The van der Waals surface area contributed by atoms with Crippen LogP contribution < -0.4 is 4.74 Å². The van der Waals surface area contributed by atoms with Gasteiger partial charge in [0.25, 0.3) is 0 Å². The molecule has 0 saturated heterocycles. The van der Waals surface area contributed by atoms with E-state index in [9.17, 15) is 5.11 Å². The van der Waals surface area contributed by atoms with Crippen molar-refractivity contribution in [2.75, 3.05) is 0 Å². The minimum absolute atomic E-state index is 0.575. The summed E-state index contributed by atoms with van der Waals surface area (Å²) >= 11 is 0. The van der Waals surface area contributed by atoms with Gasteiger partial charge < -0.3 is 9.84 Å². The average molecular weight is 265 g/mol. The molecule has 3 rings (SSSR count). The number of hydrogen-bond acceptors (Lipinski definition) is 3. The third kappa shape index (κ3) is 2.36. The maximum absolute atomic E-state index is 9.80. The van der Waals surface area contributed by atoms with Gasteiger partial charge in [0.15, 0.2) is 5.75 Å². The van der Waals surface area contributed by atoms with E-state index in [4.69, 9.17) is 4.74 Å². The highest BCUT2D eigenvalue weighted by Gasteiger charge is 2.11. The third-order valence-electron chi connectivity index (χ3n) is 3.18. The fraction of sp³-hybridized carbons (Fsp3) is 0.118. The van der Waals surface area contributed by atoms with Crippen LogP contribution >= 0.6 is 0 Å². The van der Waals surface area contributed by atoms with Gasteiger partial charge in [-0.25, -0.2) is 0 Å². The fourth-order valence-electron chi connectivity index (χ4n) is 2.20. The zero-order valence-electron chi connectivity index (χ0n) is 11.2. The number of aliphatic hydroxyl groups is 1. The second-order valence-corrected chi connectivity index (χ2v) is 4.65. The Hall–Kier alpha value is -2.39. The lowest BCUT2D eigenvalue weighted by Crippen LogP contribution is -1.96. The second kappa shape index (κ2) is 5.31. The van der Waals surface area contributed by atoms with Crippen molar-refractivity contribution in [2.24, 2.45) is 0 Å². The predicted octanol–water partition coefficient (Wildman–Crippen LogP) is 4.08. The molecule has 0 aliphatic carbocycles. The van der Waals surface area contributed by atoms with Crippen LogP contribution in [-0.4, -0.2) is 10.1 Å².